The molecule has 3 heteroatoms. The van der Waals surface area contributed by atoms with Gasteiger partial charge in [0.2, 0.25) is 0 Å². The van der Waals surface area contributed by atoms with E-state index in [1.54, 1.807) is 6.20 Å². The van der Waals surface area contributed by atoms with Crippen LogP contribution in [0.5, 0.6) is 0 Å². The fourth-order valence-electron chi connectivity index (χ4n) is 2.25. The van der Waals surface area contributed by atoms with Gasteiger partial charge in [0, 0.05) is 21.4 Å². The maximum Gasteiger partial charge on any atom is 0.106 e. The van der Waals surface area contributed by atoms with Gasteiger partial charge in [-0.1, -0.05) is 36.4 Å². The molecular weight excluding hydrogens is 349 g/mol. The Morgan fingerprint density at radius 3 is 2.58 bits per heavy atom. The van der Waals surface area contributed by atoms with Crippen molar-refractivity contribution in [3.63, 3.8) is 0 Å². The lowest BCUT2D eigenvalue weighted by molar-refractivity contribution is 0.221. The Morgan fingerprint density at radius 1 is 0.947 bits per heavy atom. The summed E-state index contributed by atoms with van der Waals surface area (Å²) in [7, 11) is 0. The zero-order valence-electron chi connectivity index (χ0n) is 10.1. The highest BCUT2D eigenvalue weighted by Gasteiger charge is 2.15. The van der Waals surface area contributed by atoms with Crippen molar-refractivity contribution in [1.29, 1.82) is 0 Å². The number of rotatable bonds is 2. The minimum Gasteiger partial charge on any atom is -0.384 e. The van der Waals surface area contributed by atoms with E-state index >= 15 is 0 Å². The molecule has 0 saturated carbocycles. The Labute approximate surface area is 125 Å². The van der Waals surface area contributed by atoms with E-state index in [0.717, 1.165) is 25.5 Å². The largest absolute Gasteiger partial charge is 0.384 e. The summed E-state index contributed by atoms with van der Waals surface area (Å²) >= 11 is 2.25. The first-order chi connectivity index (χ1) is 9.27. The Balaban J connectivity index is 2.17. The number of pyridine rings is 1. The normalized spacial score (nSPS) is 12.5. The summed E-state index contributed by atoms with van der Waals surface area (Å²) in [6.07, 6.45) is 2.97. The fraction of sp³-hybridized carbons (Fsp3) is 0.0625. The number of aromatic nitrogens is 1. The highest BCUT2D eigenvalue weighted by molar-refractivity contribution is 14.1. The van der Waals surface area contributed by atoms with Crippen molar-refractivity contribution in [1.82, 2.24) is 4.98 Å². The van der Waals surface area contributed by atoms with Crippen molar-refractivity contribution < 1.29 is 5.11 Å². The van der Waals surface area contributed by atoms with Gasteiger partial charge in [-0.25, -0.2) is 0 Å². The molecule has 3 aromatic rings. The van der Waals surface area contributed by atoms with Crippen molar-refractivity contribution in [2.75, 3.05) is 0 Å². The van der Waals surface area contributed by atoms with Crippen LogP contribution < -0.4 is 0 Å². The minimum atomic E-state index is -0.612. The maximum absolute atomic E-state index is 10.6. The highest BCUT2D eigenvalue weighted by Crippen LogP contribution is 2.30. The summed E-state index contributed by atoms with van der Waals surface area (Å²) in [5, 5.41) is 12.7. The predicted molar refractivity (Wildman–Crippen MR) is 85.0 cm³/mol. The quantitative estimate of drug-likeness (QED) is 0.702. The van der Waals surface area contributed by atoms with Crippen LogP contribution in [0.25, 0.3) is 10.8 Å². The van der Waals surface area contributed by atoms with Gasteiger partial charge >= 0.3 is 0 Å². The van der Waals surface area contributed by atoms with E-state index in [0.29, 0.717) is 0 Å². The van der Waals surface area contributed by atoms with Crippen LogP contribution in [0.2, 0.25) is 0 Å². The standard InChI is InChI=1S/C16H12INO/c17-15-7-2-1-5-14(15)16(19)13-6-3-4-11-10-18-9-8-12(11)13/h1-10,16,19H. The highest BCUT2D eigenvalue weighted by atomic mass is 127. The third-order valence-corrected chi connectivity index (χ3v) is 4.19. The van der Waals surface area contributed by atoms with E-state index in [2.05, 4.69) is 27.6 Å². The molecule has 0 aliphatic rings. The van der Waals surface area contributed by atoms with E-state index in [9.17, 15) is 5.11 Å². The summed E-state index contributed by atoms with van der Waals surface area (Å²) < 4.78 is 1.07. The number of fused-ring (bicyclic) bond motifs is 1. The molecule has 1 atom stereocenters. The maximum atomic E-state index is 10.6. The van der Waals surface area contributed by atoms with Crippen LogP contribution in [0.15, 0.2) is 60.9 Å². The first kappa shape index (κ1) is 12.6. The molecule has 94 valence electrons. The Hall–Kier alpha value is -1.46. The fourth-order valence-corrected chi connectivity index (χ4v) is 2.93. The SMILES string of the molecule is OC(c1ccccc1I)c1cccc2cnccc12. The van der Waals surface area contributed by atoms with Crippen LogP contribution >= 0.6 is 22.6 Å². The van der Waals surface area contributed by atoms with Crippen molar-refractivity contribution in [2.45, 2.75) is 6.10 Å². The number of aliphatic hydroxyl groups is 1. The molecule has 0 aliphatic carbocycles. The number of hydrogen-bond donors (Lipinski definition) is 1. The lowest BCUT2D eigenvalue weighted by Crippen LogP contribution is -2.02. The second-order valence-corrected chi connectivity index (χ2v) is 5.53. The first-order valence-electron chi connectivity index (χ1n) is 6.02. The average molecular weight is 361 g/mol. The monoisotopic (exact) mass is 361 g/mol. The molecule has 0 spiro atoms. The number of halogens is 1. The zero-order chi connectivity index (χ0) is 13.2. The van der Waals surface area contributed by atoms with Gasteiger partial charge in [-0.2, -0.15) is 0 Å². The molecule has 1 unspecified atom stereocenters. The van der Waals surface area contributed by atoms with Crippen molar-refractivity contribution >= 4 is 33.4 Å². The molecule has 0 fully saturated rings. The molecule has 0 aliphatic heterocycles. The Kier molecular flexibility index (Phi) is 3.48. The Bertz CT molecular complexity index is 721. The molecular formula is C16H12INO. The van der Waals surface area contributed by atoms with Crippen molar-refractivity contribution in [2.24, 2.45) is 0 Å². The van der Waals surface area contributed by atoms with Crippen LogP contribution in [0, 0.1) is 3.57 Å². The smallest absolute Gasteiger partial charge is 0.106 e. The number of nitrogens with zero attached hydrogens (tertiary/aromatic N) is 1. The van der Waals surface area contributed by atoms with Crippen LogP contribution in [0.4, 0.5) is 0 Å². The van der Waals surface area contributed by atoms with Crippen molar-refractivity contribution in [3.05, 3.63) is 75.6 Å². The number of aliphatic hydroxyl groups excluding tert-OH is 1. The van der Waals surface area contributed by atoms with Gasteiger partial charge < -0.3 is 5.11 Å². The number of benzene rings is 2. The van der Waals surface area contributed by atoms with Gasteiger partial charge in [0.1, 0.15) is 6.10 Å². The molecule has 0 bridgehead atoms. The Morgan fingerprint density at radius 2 is 1.74 bits per heavy atom. The van der Waals surface area contributed by atoms with Gasteiger partial charge in [-0.05, 0) is 51.2 Å². The molecule has 3 rings (SSSR count). The van der Waals surface area contributed by atoms with Gasteiger partial charge in [0.25, 0.3) is 0 Å². The molecule has 0 radical (unpaired) electrons. The topological polar surface area (TPSA) is 33.1 Å². The van der Waals surface area contributed by atoms with Crippen LogP contribution in [0.3, 0.4) is 0 Å². The summed E-state index contributed by atoms with van der Waals surface area (Å²) in [6, 6.07) is 15.8. The van der Waals surface area contributed by atoms with E-state index in [4.69, 9.17) is 0 Å². The number of hydrogen-bond acceptors (Lipinski definition) is 2. The lowest BCUT2D eigenvalue weighted by atomic mass is 9.97. The molecule has 2 nitrogen and oxygen atoms in total. The van der Waals surface area contributed by atoms with Gasteiger partial charge in [0.05, 0.1) is 0 Å². The third-order valence-electron chi connectivity index (χ3n) is 3.21. The second kappa shape index (κ2) is 5.27. The first-order valence-corrected chi connectivity index (χ1v) is 7.10. The van der Waals surface area contributed by atoms with Crippen LogP contribution in [-0.2, 0) is 0 Å². The molecule has 2 aromatic carbocycles. The zero-order valence-corrected chi connectivity index (χ0v) is 12.3. The van der Waals surface area contributed by atoms with Crippen molar-refractivity contribution in [3.8, 4) is 0 Å². The molecule has 19 heavy (non-hydrogen) atoms. The summed E-state index contributed by atoms with van der Waals surface area (Å²) in [5.41, 5.74) is 1.86. The molecule has 0 amide bonds. The van der Waals surface area contributed by atoms with Crippen LogP contribution in [0.1, 0.15) is 17.2 Å². The van der Waals surface area contributed by atoms with Gasteiger partial charge in [-0.15, -0.1) is 0 Å². The minimum absolute atomic E-state index is 0.612. The summed E-state index contributed by atoms with van der Waals surface area (Å²) in [5.74, 6) is 0. The van der Waals surface area contributed by atoms with E-state index in [1.165, 1.54) is 0 Å². The molecule has 0 saturated heterocycles. The lowest BCUT2D eigenvalue weighted by Gasteiger charge is -2.15. The predicted octanol–water partition coefficient (Wildman–Crippen LogP) is 3.92. The van der Waals surface area contributed by atoms with Gasteiger partial charge in [0.15, 0.2) is 0 Å². The second-order valence-electron chi connectivity index (χ2n) is 4.37. The third kappa shape index (κ3) is 2.35. The molecule has 1 N–H and O–H groups in total. The van der Waals surface area contributed by atoms with Gasteiger partial charge in [-0.3, -0.25) is 4.98 Å². The average Bonchev–Trinajstić information content (AvgIpc) is 2.46. The molecule has 1 aromatic heterocycles. The molecule has 1 heterocycles. The van der Waals surface area contributed by atoms with E-state index in [1.807, 2.05) is 54.7 Å². The summed E-state index contributed by atoms with van der Waals surface area (Å²) in [4.78, 5) is 4.12. The summed E-state index contributed by atoms with van der Waals surface area (Å²) in [6.45, 7) is 0. The van der Waals surface area contributed by atoms with E-state index in [-0.39, 0.29) is 0 Å². The van der Waals surface area contributed by atoms with E-state index < -0.39 is 6.10 Å². The van der Waals surface area contributed by atoms with Crippen LogP contribution in [-0.4, -0.2) is 10.1 Å².